The van der Waals surface area contributed by atoms with Crippen molar-refractivity contribution in [3.8, 4) is 5.75 Å². The molecule has 2 bridgehead atoms. The van der Waals surface area contributed by atoms with Crippen LogP contribution in [0.3, 0.4) is 0 Å². The summed E-state index contributed by atoms with van der Waals surface area (Å²) in [7, 11) is 0.881. The standard InChI is InChI=1S/C37H58BN3O8/c1-34(2,3)46-31(43)21-39-25-14-16-41(17-15-25)22-30(42)40-29(38-48-28-20-24-19-27(36(24,7)8)37(28,9)49-38)18-23-12-11-13-26(32(23)45-10)33(44)47-35(4,5)6/h11-13,24-25,27-29,39H,14-22H2,1-10H3,(H,40,42). The molecular weight excluding hydrogens is 625 g/mol. The van der Waals surface area contributed by atoms with Gasteiger partial charge in [-0.2, -0.15) is 0 Å². The lowest BCUT2D eigenvalue weighted by atomic mass is 9.43. The SMILES string of the molecule is COc1c(CC(NC(=O)CN2CCC(NCC(=O)OC(C)(C)C)CC2)B2OC3CC4CC(C4(C)C)C3(C)O2)cccc1C(=O)OC(C)(C)C. The van der Waals surface area contributed by atoms with Crippen LogP contribution in [-0.4, -0.2) is 98.0 Å². The molecule has 5 unspecified atom stereocenters. The second-order valence-corrected chi connectivity index (χ2v) is 17.2. The summed E-state index contributed by atoms with van der Waals surface area (Å²) in [4.78, 5) is 41.1. The summed E-state index contributed by atoms with van der Waals surface area (Å²) >= 11 is 0. The van der Waals surface area contributed by atoms with Gasteiger partial charge in [0.2, 0.25) is 5.91 Å². The highest BCUT2D eigenvalue weighted by Crippen LogP contribution is 2.65. The van der Waals surface area contributed by atoms with Crippen molar-refractivity contribution in [3.05, 3.63) is 29.3 Å². The minimum Gasteiger partial charge on any atom is -0.496 e. The van der Waals surface area contributed by atoms with E-state index in [1.807, 2.05) is 53.7 Å². The topological polar surface area (TPSA) is 125 Å². The predicted molar refractivity (Wildman–Crippen MR) is 187 cm³/mol. The van der Waals surface area contributed by atoms with Crippen molar-refractivity contribution in [3.63, 3.8) is 0 Å². The number of carbonyl (C=O) groups excluding carboxylic acids is 3. The minimum absolute atomic E-state index is 0.0455. The number of hydrogen-bond donors (Lipinski definition) is 2. The Morgan fingerprint density at radius 3 is 2.31 bits per heavy atom. The van der Waals surface area contributed by atoms with Gasteiger partial charge in [0.1, 0.15) is 22.5 Å². The highest BCUT2D eigenvalue weighted by Gasteiger charge is 2.68. The Labute approximate surface area is 293 Å². The number of nitrogens with zero attached hydrogens (tertiary/aromatic N) is 1. The lowest BCUT2D eigenvalue weighted by molar-refractivity contribution is -0.199. The molecule has 2 N–H and O–H groups in total. The van der Waals surface area contributed by atoms with Crippen molar-refractivity contribution >= 4 is 25.0 Å². The number of nitrogens with one attached hydrogen (secondary N) is 2. The van der Waals surface area contributed by atoms with E-state index in [0.717, 1.165) is 44.3 Å². The van der Waals surface area contributed by atoms with Gasteiger partial charge in [-0.1, -0.05) is 26.0 Å². The Morgan fingerprint density at radius 1 is 1.02 bits per heavy atom. The van der Waals surface area contributed by atoms with Crippen molar-refractivity contribution in [1.29, 1.82) is 0 Å². The molecule has 0 spiro atoms. The van der Waals surface area contributed by atoms with Crippen LogP contribution in [0.1, 0.15) is 104 Å². The maximum Gasteiger partial charge on any atom is 0.482 e. The molecule has 5 atom stereocenters. The highest BCUT2D eigenvalue weighted by molar-refractivity contribution is 6.48. The third-order valence-electron chi connectivity index (χ3n) is 10.9. The van der Waals surface area contributed by atoms with Gasteiger partial charge in [0.05, 0.1) is 37.8 Å². The number of methoxy groups -OCH3 is 1. The third-order valence-corrected chi connectivity index (χ3v) is 10.9. The molecule has 0 aromatic heterocycles. The predicted octanol–water partition coefficient (Wildman–Crippen LogP) is 4.34. The number of rotatable bonds is 11. The van der Waals surface area contributed by atoms with Gasteiger partial charge in [0.15, 0.2) is 0 Å². The van der Waals surface area contributed by atoms with Crippen LogP contribution < -0.4 is 15.4 Å². The molecule has 1 aromatic carbocycles. The summed E-state index contributed by atoms with van der Waals surface area (Å²) in [5.41, 5.74) is -0.350. The normalized spacial score (nSPS) is 27.5. The fraction of sp³-hybridized carbons (Fsp3) is 0.757. The molecular formula is C37H58BN3O8. The quantitative estimate of drug-likeness (QED) is 0.257. The molecule has 3 aliphatic carbocycles. The Hall–Kier alpha value is -2.67. The number of ether oxygens (including phenoxy) is 3. The van der Waals surface area contributed by atoms with E-state index in [-0.39, 0.29) is 42.5 Å². The number of esters is 2. The number of piperidine rings is 1. The molecule has 49 heavy (non-hydrogen) atoms. The summed E-state index contributed by atoms with van der Waals surface area (Å²) in [5.74, 6) is 0.0138. The van der Waals surface area contributed by atoms with Gasteiger partial charge in [0, 0.05) is 19.1 Å². The Kier molecular flexibility index (Phi) is 10.9. The zero-order valence-corrected chi connectivity index (χ0v) is 31.3. The molecule has 5 aliphatic rings. The van der Waals surface area contributed by atoms with E-state index in [1.54, 1.807) is 13.2 Å². The summed E-state index contributed by atoms with van der Waals surface area (Å²) in [5, 5.41) is 6.57. The molecule has 0 radical (unpaired) electrons. The number of amides is 1. The van der Waals surface area contributed by atoms with E-state index < -0.39 is 35.8 Å². The van der Waals surface area contributed by atoms with Gasteiger partial charge >= 0.3 is 19.1 Å². The molecule has 272 valence electrons. The van der Waals surface area contributed by atoms with E-state index in [2.05, 4.69) is 36.3 Å². The van der Waals surface area contributed by atoms with Crippen molar-refractivity contribution in [2.75, 3.05) is 33.3 Å². The van der Waals surface area contributed by atoms with Crippen molar-refractivity contribution < 1.29 is 37.9 Å². The van der Waals surface area contributed by atoms with E-state index in [0.29, 0.717) is 29.6 Å². The Morgan fingerprint density at radius 2 is 1.69 bits per heavy atom. The van der Waals surface area contributed by atoms with Crippen LogP contribution in [0.15, 0.2) is 18.2 Å². The average Bonchev–Trinajstić information content (AvgIpc) is 3.36. The second kappa shape index (κ2) is 14.2. The van der Waals surface area contributed by atoms with Crippen LogP contribution in [0.4, 0.5) is 0 Å². The molecule has 1 amide bonds. The third kappa shape index (κ3) is 8.63. The van der Waals surface area contributed by atoms with Crippen LogP contribution in [0.2, 0.25) is 0 Å². The zero-order valence-electron chi connectivity index (χ0n) is 31.3. The summed E-state index contributed by atoms with van der Waals surface area (Å²) < 4.78 is 30.4. The van der Waals surface area contributed by atoms with Crippen molar-refractivity contribution in [2.24, 2.45) is 17.3 Å². The molecule has 11 nitrogen and oxygen atoms in total. The fourth-order valence-corrected chi connectivity index (χ4v) is 8.36. The van der Waals surface area contributed by atoms with Crippen LogP contribution >= 0.6 is 0 Å². The number of para-hydroxylation sites is 1. The lowest BCUT2D eigenvalue weighted by Gasteiger charge is -2.64. The molecule has 1 aromatic rings. The first-order valence-corrected chi connectivity index (χ1v) is 18.0. The second-order valence-electron chi connectivity index (χ2n) is 17.2. The first kappa shape index (κ1) is 37.6. The maximum absolute atomic E-state index is 13.7. The summed E-state index contributed by atoms with van der Waals surface area (Å²) in [6, 6.07) is 5.60. The number of likely N-dealkylation sites (tertiary alicyclic amines) is 1. The van der Waals surface area contributed by atoms with Gasteiger partial charge in [-0.05, 0) is 109 Å². The van der Waals surface area contributed by atoms with Crippen molar-refractivity contribution in [1.82, 2.24) is 15.5 Å². The first-order chi connectivity index (χ1) is 22.8. The van der Waals surface area contributed by atoms with Gasteiger partial charge < -0.3 is 34.2 Å². The molecule has 2 saturated heterocycles. The number of carbonyl (C=O) groups is 3. The lowest BCUT2D eigenvalue weighted by Crippen LogP contribution is -2.65. The number of hydrogen-bond acceptors (Lipinski definition) is 10. The van der Waals surface area contributed by atoms with Crippen LogP contribution in [0.25, 0.3) is 0 Å². The minimum atomic E-state index is -0.664. The summed E-state index contributed by atoms with van der Waals surface area (Å²) in [6.07, 6.45) is 4.00. The molecule has 5 fully saturated rings. The van der Waals surface area contributed by atoms with Crippen LogP contribution in [0, 0.1) is 17.3 Å². The highest BCUT2D eigenvalue weighted by atomic mass is 16.7. The van der Waals surface area contributed by atoms with E-state index in [1.165, 1.54) is 0 Å². The first-order valence-electron chi connectivity index (χ1n) is 18.0. The van der Waals surface area contributed by atoms with Crippen LogP contribution in [-0.2, 0) is 34.8 Å². The monoisotopic (exact) mass is 683 g/mol. The van der Waals surface area contributed by atoms with Gasteiger partial charge in [-0.15, -0.1) is 0 Å². The van der Waals surface area contributed by atoms with Crippen molar-refractivity contribution in [2.45, 2.75) is 129 Å². The largest absolute Gasteiger partial charge is 0.496 e. The molecule has 3 saturated carbocycles. The smallest absolute Gasteiger partial charge is 0.482 e. The van der Waals surface area contributed by atoms with E-state index in [9.17, 15) is 14.4 Å². The Balaban J connectivity index is 1.27. The summed E-state index contributed by atoms with van der Waals surface area (Å²) in [6.45, 7) is 19.7. The maximum atomic E-state index is 13.7. The molecule has 2 aliphatic heterocycles. The number of benzene rings is 1. The van der Waals surface area contributed by atoms with E-state index in [4.69, 9.17) is 23.5 Å². The van der Waals surface area contributed by atoms with Crippen LogP contribution in [0.5, 0.6) is 5.75 Å². The molecule has 6 rings (SSSR count). The van der Waals surface area contributed by atoms with Gasteiger partial charge in [-0.25, -0.2) is 4.79 Å². The van der Waals surface area contributed by atoms with E-state index >= 15 is 0 Å². The fourth-order valence-electron chi connectivity index (χ4n) is 8.36. The Bertz CT molecular complexity index is 1380. The molecule has 2 heterocycles. The zero-order chi connectivity index (χ0) is 35.9. The van der Waals surface area contributed by atoms with Gasteiger partial charge in [-0.3, -0.25) is 14.5 Å². The van der Waals surface area contributed by atoms with Gasteiger partial charge in [0.25, 0.3) is 0 Å². The average molecular weight is 684 g/mol. The molecule has 12 heteroatoms.